The molecule has 0 aliphatic rings. The van der Waals surface area contributed by atoms with Gasteiger partial charge in [0.05, 0.1) is 11.6 Å². The van der Waals surface area contributed by atoms with Crippen molar-refractivity contribution in [1.29, 1.82) is 0 Å². The van der Waals surface area contributed by atoms with Gasteiger partial charge in [0.2, 0.25) is 11.9 Å². The predicted octanol–water partition coefficient (Wildman–Crippen LogP) is 1.54. The van der Waals surface area contributed by atoms with Crippen molar-refractivity contribution in [2.75, 3.05) is 12.8 Å². The van der Waals surface area contributed by atoms with E-state index in [1.807, 2.05) is 36.6 Å². The summed E-state index contributed by atoms with van der Waals surface area (Å²) in [6.07, 6.45) is 0.430. The zero-order chi connectivity index (χ0) is 14.7. The van der Waals surface area contributed by atoms with Crippen LogP contribution in [0.3, 0.4) is 0 Å². The number of ether oxygens (including phenoxy) is 1. The van der Waals surface area contributed by atoms with Gasteiger partial charge in [-0.2, -0.15) is 0 Å². The molecule has 3 N–H and O–H groups in total. The minimum Gasteiger partial charge on any atom is -0.489 e. The number of carbonyl (C=O) groups is 1. The number of fused-ring (bicyclic) bond motifs is 1. The third kappa shape index (κ3) is 2.84. The van der Waals surface area contributed by atoms with Crippen LogP contribution in [-0.4, -0.2) is 28.6 Å². The Morgan fingerprint density at radius 2 is 2.25 bits per heavy atom. The average Bonchev–Trinajstić information content (AvgIpc) is 2.72. The Labute approximate surface area is 117 Å². The molecule has 0 aliphatic carbocycles. The number of aromatic nitrogens is 2. The number of nitrogens with zero attached hydrogens (tertiary/aromatic N) is 2. The van der Waals surface area contributed by atoms with Gasteiger partial charge < -0.3 is 20.4 Å². The highest BCUT2D eigenvalue weighted by atomic mass is 16.5. The van der Waals surface area contributed by atoms with Crippen LogP contribution in [0.15, 0.2) is 18.2 Å². The van der Waals surface area contributed by atoms with Crippen molar-refractivity contribution < 1.29 is 9.53 Å². The molecule has 1 heterocycles. The van der Waals surface area contributed by atoms with Crippen LogP contribution in [0, 0.1) is 0 Å². The van der Waals surface area contributed by atoms with E-state index in [-0.39, 0.29) is 12.0 Å². The molecule has 0 saturated heterocycles. The summed E-state index contributed by atoms with van der Waals surface area (Å²) >= 11 is 0. The average molecular weight is 276 g/mol. The molecule has 6 heteroatoms. The van der Waals surface area contributed by atoms with E-state index in [0.717, 1.165) is 11.0 Å². The van der Waals surface area contributed by atoms with Gasteiger partial charge in [-0.15, -0.1) is 0 Å². The molecule has 20 heavy (non-hydrogen) atoms. The first-order chi connectivity index (χ1) is 9.52. The molecule has 2 rings (SSSR count). The SMILES string of the molecule is CNC(=O)CCn1c(N)nc2c(OC(C)C)cccc21. The monoisotopic (exact) mass is 276 g/mol. The Kier molecular flexibility index (Phi) is 4.12. The Morgan fingerprint density at radius 1 is 1.50 bits per heavy atom. The van der Waals surface area contributed by atoms with Crippen LogP contribution in [-0.2, 0) is 11.3 Å². The molecule has 1 aromatic carbocycles. The van der Waals surface area contributed by atoms with E-state index in [4.69, 9.17) is 10.5 Å². The summed E-state index contributed by atoms with van der Waals surface area (Å²) in [6, 6.07) is 5.70. The third-order valence-electron chi connectivity index (χ3n) is 2.98. The van der Waals surface area contributed by atoms with Crippen LogP contribution in [0.2, 0.25) is 0 Å². The van der Waals surface area contributed by atoms with Crippen molar-refractivity contribution in [2.45, 2.75) is 32.9 Å². The number of nitrogens with one attached hydrogen (secondary N) is 1. The lowest BCUT2D eigenvalue weighted by Gasteiger charge is -2.10. The summed E-state index contributed by atoms with van der Waals surface area (Å²) in [4.78, 5) is 15.7. The van der Waals surface area contributed by atoms with E-state index in [1.165, 1.54) is 0 Å². The van der Waals surface area contributed by atoms with Crippen molar-refractivity contribution in [3.8, 4) is 5.75 Å². The van der Waals surface area contributed by atoms with Gasteiger partial charge in [0, 0.05) is 20.0 Å². The van der Waals surface area contributed by atoms with Crippen LogP contribution in [0.25, 0.3) is 11.0 Å². The fourth-order valence-electron chi connectivity index (χ4n) is 2.06. The summed E-state index contributed by atoms with van der Waals surface area (Å²) in [5.74, 6) is 1.08. The number of nitrogens with two attached hydrogens (primary N) is 1. The van der Waals surface area contributed by atoms with Crippen molar-refractivity contribution in [1.82, 2.24) is 14.9 Å². The van der Waals surface area contributed by atoms with Gasteiger partial charge in [-0.3, -0.25) is 4.79 Å². The minimum atomic E-state index is -0.0270. The first-order valence-corrected chi connectivity index (χ1v) is 6.65. The molecule has 1 amide bonds. The first-order valence-electron chi connectivity index (χ1n) is 6.65. The maximum absolute atomic E-state index is 11.4. The Balaban J connectivity index is 2.36. The molecule has 0 spiro atoms. The molecule has 0 saturated carbocycles. The second-order valence-electron chi connectivity index (χ2n) is 4.84. The summed E-state index contributed by atoms with van der Waals surface area (Å²) in [7, 11) is 1.62. The van der Waals surface area contributed by atoms with Crippen molar-refractivity contribution in [3.63, 3.8) is 0 Å². The Morgan fingerprint density at radius 3 is 2.90 bits per heavy atom. The van der Waals surface area contributed by atoms with Crippen molar-refractivity contribution in [2.24, 2.45) is 0 Å². The normalized spacial score (nSPS) is 11.0. The topological polar surface area (TPSA) is 82.2 Å². The smallest absolute Gasteiger partial charge is 0.221 e. The fourth-order valence-corrected chi connectivity index (χ4v) is 2.06. The van der Waals surface area contributed by atoms with E-state index >= 15 is 0 Å². The van der Waals surface area contributed by atoms with Gasteiger partial charge in [0.25, 0.3) is 0 Å². The summed E-state index contributed by atoms with van der Waals surface area (Å²) in [5.41, 5.74) is 7.56. The number of nitrogen functional groups attached to an aromatic ring is 1. The number of benzene rings is 1. The highest BCUT2D eigenvalue weighted by Crippen LogP contribution is 2.27. The first kappa shape index (κ1) is 14.2. The van der Waals surface area contributed by atoms with E-state index in [9.17, 15) is 4.79 Å². The molecule has 0 unspecified atom stereocenters. The van der Waals surface area contributed by atoms with Gasteiger partial charge >= 0.3 is 0 Å². The van der Waals surface area contributed by atoms with Gasteiger partial charge in [-0.05, 0) is 26.0 Å². The lowest BCUT2D eigenvalue weighted by molar-refractivity contribution is -0.120. The standard InChI is InChI=1S/C14H20N4O2/c1-9(2)20-11-6-4-5-10-13(11)17-14(15)18(10)8-7-12(19)16-3/h4-6,9H,7-8H2,1-3H3,(H2,15,17)(H,16,19). The molecule has 0 atom stereocenters. The highest BCUT2D eigenvalue weighted by Gasteiger charge is 2.13. The zero-order valence-corrected chi connectivity index (χ0v) is 12.0. The van der Waals surface area contributed by atoms with Crippen LogP contribution in [0.1, 0.15) is 20.3 Å². The predicted molar refractivity (Wildman–Crippen MR) is 78.6 cm³/mol. The summed E-state index contributed by atoms with van der Waals surface area (Å²) in [6.45, 7) is 4.42. The third-order valence-corrected chi connectivity index (χ3v) is 2.98. The zero-order valence-electron chi connectivity index (χ0n) is 12.0. The van der Waals surface area contributed by atoms with Crippen LogP contribution in [0.4, 0.5) is 5.95 Å². The molecule has 2 aromatic rings. The summed E-state index contributed by atoms with van der Waals surface area (Å²) < 4.78 is 7.56. The summed E-state index contributed by atoms with van der Waals surface area (Å²) in [5, 5.41) is 2.59. The Bertz CT molecular complexity index is 619. The number of imidazole rings is 1. The molecule has 0 aliphatic heterocycles. The van der Waals surface area contributed by atoms with E-state index in [1.54, 1.807) is 7.05 Å². The van der Waals surface area contributed by atoms with E-state index in [2.05, 4.69) is 10.3 Å². The van der Waals surface area contributed by atoms with Crippen molar-refractivity contribution in [3.05, 3.63) is 18.2 Å². The molecular weight excluding hydrogens is 256 g/mol. The van der Waals surface area contributed by atoms with Gasteiger partial charge in [-0.1, -0.05) is 6.07 Å². The number of rotatable bonds is 5. The van der Waals surface area contributed by atoms with E-state index < -0.39 is 0 Å². The van der Waals surface area contributed by atoms with Crippen LogP contribution in [0.5, 0.6) is 5.75 Å². The van der Waals surface area contributed by atoms with Crippen molar-refractivity contribution >= 4 is 22.9 Å². The molecular formula is C14H20N4O2. The second-order valence-corrected chi connectivity index (χ2v) is 4.84. The Hall–Kier alpha value is -2.24. The lowest BCUT2D eigenvalue weighted by atomic mass is 10.2. The number of para-hydroxylation sites is 1. The number of carbonyl (C=O) groups excluding carboxylic acids is 1. The number of hydrogen-bond acceptors (Lipinski definition) is 4. The molecule has 108 valence electrons. The maximum atomic E-state index is 11.4. The van der Waals surface area contributed by atoms with Gasteiger partial charge in [-0.25, -0.2) is 4.98 Å². The number of aryl methyl sites for hydroxylation is 1. The van der Waals surface area contributed by atoms with Crippen LogP contribution >= 0.6 is 0 Å². The quantitative estimate of drug-likeness (QED) is 0.868. The molecule has 1 aromatic heterocycles. The highest BCUT2D eigenvalue weighted by molar-refractivity contribution is 5.84. The number of amides is 1. The molecule has 6 nitrogen and oxygen atoms in total. The fraction of sp³-hybridized carbons (Fsp3) is 0.429. The molecule has 0 radical (unpaired) electrons. The number of hydrogen-bond donors (Lipinski definition) is 2. The van der Waals surface area contributed by atoms with Gasteiger partial charge in [0.1, 0.15) is 11.3 Å². The van der Waals surface area contributed by atoms with E-state index in [0.29, 0.717) is 24.7 Å². The number of anilines is 1. The van der Waals surface area contributed by atoms with Crippen LogP contribution < -0.4 is 15.8 Å². The van der Waals surface area contributed by atoms with Gasteiger partial charge in [0.15, 0.2) is 0 Å². The maximum Gasteiger partial charge on any atom is 0.221 e. The lowest BCUT2D eigenvalue weighted by Crippen LogP contribution is -2.19. The second kappa shape index (κ2) is 5.81. The molecule has 0 bridgehead atoms. The largest absolute Gasteiger partial charge is 0.489 e. The minimum absolute atomic E-state index is 0.0270. The molecule has 0 fully saturated rings.